The molecule has 2 rings (SSSR count). The molecule has 0 spiro atoms. The Balaban J connectivity index is 2.66. The standard InChI is InChI=1S/C11H10F3NO/c1-15-9(6-16)4-7-2-3-8(5-10(7)15)11(12,13)14/h2-5,16H,6H2,1H3. The number of benzene rings is 1. The van der Waals surface area contributed by atoms with Gasteiger partial charge in [-0.15, -0.1) is 0 Å². The minimum absolute atomic E-state index is 0.188. The second kappa shape index (κ2) is 3.52. The van der Waals surface area contributed by atoms with Gasteiger partial charge in [0.1, 0.15) is 0 Å². The maximum absolute atomic E-state index is 12.5. The molecule has 0 radical (unpaired) electrons. The molecule has 0 saturated carbocycles. The summed E-state index contributed by atoms with van der Waals surface area (Å²) in [6.45, 7) is -0.188. The third-order valence-corrected chi connectivity index (χ3v) is 2.63. The van der Waals surface area contributed by atoms with Crippen LogP contribution in [0.5, 0.6) is 0 Å². The van der Waals surface area contributed by atoms with Gasteiger partial charge in [-0.2, -0.15) is 13.2 Å². The molecule has 0 fully saturated rings. The van der Waals surface area contributed by atoms with Crippen molar-refractivity contribution in [2.45, 2.75) is 12.8 Å². The molecule has 0 amide bonds. The van der Waals surface area contributed by atoms with E-state index in [-0.39, 0.29) is 6.61 Å². The number of halogens is 3. The molecule has 1 aromatic carbocycles. The Hall–Kier alpha value is -1.49. The maximum atomic E-state index is 12.5. The predicted octanol–water partition coefficient (Wildman–Crippen LogP) is 2.69. The van der Waals surface area contributed by atoms with Crippen molar-refractivity contribution >= 4 is 10.9 Å². The highest BCUT2D eigenvalue weighted by Crippen LogP contribution is 2.32. The second-order valence-corrected chi connectivity index (χ2v) is 3.62. The van der Waals surface area contributed by atoms with Gasteiger partial charge in [-0.25, -0.2) is 0 Å². The molecule has 16 heavy (non-hydrogen) atoms. The zero-order valence-corrected chi connectivity index (χ0v) is 8.54. The van der Waals surface area contributed by atoms with Crippen LogP contribution in [-0.2, 0) is 19.8 Å². The van der Waals surface area contributed by atoms with Crippen LogP contribution < -0.4 is 0 Å². The van der Waals surface area contributed by atoms with Gasteiger partial charge in [0.25, 0.3) is 0 Å². The van der Waals surface area contributed by atoms with Crippen molar-refractivity contribution in [1.82, 2.24) is 4.57 Å². The van der Waals surface area contributed by atoms with Crippen LogP contribution in [0.1, 0.15) is 11.3 Å². The van der Waals surface area contributed by atoms with Gasteiger partial charge < -0.3 is 9.67 Å². The van der Waals surface area contributed by atoms with Gasteiger partial charge in [-0.3, -0.25) is 0 Å². The van der Waals surface area contributed by atoms with Crippen molar-refractivity contribution < 1.29 is 18.3 Å². The Labute approximate surface area is 89.9 Å². The van der Waals surface area contributed by atoms with Gasteiger partial charge in [0, 0.05) is 18.3 Å². The van der Waals surface area contributed by atoms with E-state index in [1.807, 2.05) is 0 Å². The van der Waals surface area contributed by atoms with E-state index in [1.54, 1.807) is 17.7 Å². The lowest BCUT2D eigenvalue weighted by Gasteiger charge is -2.07. The normalized spacial score (nSPS) is 12.3. The number of aromatic nitrogens is 1. The number of rotatable bonds is 1. The average Bonchev–Trinajstić information content (AvgIpc) is 2.54. The summed E-state index contributed by atoms with van der Waals surface area (Å²) in [6.07, 6.45) is -4.34. The molecule has 2 nitrogen and oxygen atoms in total. The first-order valence-corrected chi connectivity index (χ1v) is 4.70. The highest BCUT2D eigenvalue weighted by molar-refractivity contribution is 5.82. The van der Waals surface area contributed by atoms with Crippen LogP contribution in [0, 0.1) is 0 Å². The van der Waals surface area contributed by atoms with Gasteiger partial charge in [0.15, 0.2) is 0 Å². The SMILES string of the molecule is Cn1c(CO)cc2ccc(C(F)(F)F)cc21. The van der Waals surface area contributed by atoms with Crippen LogP contribution in [-0.4, -0.2) is 9.67 Å². The molecular weight excluding hydrogens is 219 g/mol. The Morgan fingerprint density at radius 2 is 1.94 bits per heavy atom. The molecule has 0 aliphatic carbocycles. The van der Waals surface area contributed by atoms with E-state index in [2.05, 4.69) is 0 Å². The summed E-state index contributed by atoms with van der Waals surface area (Å²) < 4.78 is 39.0. The first kappa shape index (κ1) is 11.0. The Kier molecular flexibility index (Phi) is 2.42. The molecular formula is C11H10F3NO. The summed E-state index contributed by atoms with van der Waals surface area (Å²) in [7, 11) is 1.63. The predicted molar refractivity (Wildman–Crippen MR) is 53.8 cm³/mol. The Morgan fingerprint density at radius 3 is 2.50 bits per heavy atom. The molecule has 0 unspecified atom stereocenters. The van der Waals surface area contributed by atoms with Crippen LogP contribution in [0.25, 0.3) is 10.9 Å². The quantitative estimate of drug-likeness (QED) is 0.799. The summed E-state index contributed by atoms with van der Waals surface area (Å²) >= 11 is 0. The van der Waals surface area contributed by atoms with E-state index in [4.69, 9.17) is 5.11 Å². The molecule has 1 aromatic heterocycles. The van der Waals surface area contributed by atoms with E-state index in [1.165, 1.54) is 6.07 Å². The molecule has 0 bridgehead atoms. The van der Waals surface area contributed by atoms with Crippen molar-refractivity contribution in [2.75, 3.05) is 0 Å². The minimum Gasteiger partial charge on any atom is -0.390 e. The highest BCUT2D eigenvalue weighted by Gasteiger charge is 2.30. The van der Waals surface area contributed by atoms with Crippen LogP contribution in [0.4, 0.5) is 13.2 Å². The highest BCUT2D eigenvalue weighted by atomic mass is 19.4. The lowest BCUT2D eigenvalue weighted by atomic mass is 10.1. The van der Waals surface area contributed by atoms with E-state index >= 15 is 0 Å². The molecule has 1 N–H and O–H groups in total. The fourth-order valence-corrected chi connectivity index (χ4v) is 1.72. The fourth-order valence-electron chi connectivity index (χ4n) is 1.72. The summed E-state index contributed by atoms with van der Waals surface area (Å²) in [5.74, 6) is 0. The van der Waals surface area contributed by atoms with E-state index in [9.17, 15) is 13.2 Å². The van der Waals surface area contributed by atoms with Gasteiger partial charge in [0.2, 0.25) is 0 Å². The first-order chi connectivity index (χ1) is 7.43. The second-order valence-electron chi connectivity index (χ2n) is 3.62. The largest absolute Gasteiger partial charge is 0.416 e. The minimum atomic E-state index is -4.34. The molecule has 0 aliphatic heterocycles. The Morgan fingerprint density at radius 1 is 1.25 bits per heavy atom. The third-order valence-electron chi connectivity index (χ3n) is 2.63. The van der Waals surface area contributed by atoms with Crippen LogP contribution in [0.2, 0.25) is 0 Å². The fraction of sp³-hybridized carbons (Fsp3) is 0.273. The number of fused-ring (bicyclic) bond motifs is 1. The molecule has 0 atom stereocenters. The molecule has 86 valence electrons. The van der Waals surface area contributed by atoms with Crippen molar-refractivity contribution in [3.8, 4) is 0 Å². The van der Waals surface area contributed by atoms with Crippen LogP contribution in [0.15, 0.2) is 24.3 Å². The summed E-state index contributed by atoms with van der Waals surface area (Å²) in [4.78, 5) is 0. The summed E-state index contributed by atoms with van der Waals surface area (Å²) in [6, 6.07) is 5.23. The molecule has 0 saturated heterocycles. The zero-order chi connectivity index (χ0) is 11.9. The van der Waals surface area contributed by atoms with E-state index < -0.39 is 11.7 Å². The van der Waals surface area contributed by atoms with Gasteiger partial charge >= 0.3 is 6.18 Å². The molecule has 0 aliphatic rings. The van der Waals surface area contributed by atoms with Crippen molar-refractivity contribution in [3.63, 3.8) is 0 Å². The van der Waals surface area contributed by atoms with Crippen LogP contribution in [0.3, 0.4) is 0 Å². The lowest BCUT2D eigenvalue weighted by Crippen LogP contribution is -2.04. The molecule has 5 heteroatoms. The average molecular weight is 229 g/mol. The van der Waals surface area contributed by atoms with Gasteiger partial charge in [-0.05, 0) is 23.6 Å². The zero-order valence-electron chi connectivity index (χ0n) is 8.54. The number of aliphatic hydroxyl groups is 1. The van der Waals surface area contributed by atoms with Gasteiger partial charge in [0.05, 0.1) is 12.2 Å². The maximum Gasteiger partial charge on any atom is 0.416 e. The number of hydrogen-bond donors (Lipinski definition) is 1. The lowest BCUT2D eigenvalue weighted by molar-refractivity contribution is -0.137. The number of nitrogens with zero attached hydrogens (tertiary/aromatic N) is 1. The topological polar surface area (TPSA) is 25.2 Å². The smallest absolute Gasteiger partial charge is 0.390 e. The third kappa shape index (κ3) is 1.67. The van der Waals surface area contributed by atoms with Crippen molar-refractivity contribution in [1.29, 1.82) is 0 Å². The summed E-state index contributed by atoms with van der Waals surface area (Å²) in [5, 5.41) is 9.70. The summed E-state index contributed by atoms with van der Waals surface area (Å²) in [5.41, 5.74) is 0.388. The Bertz CT molecular complexity index is 528. The number of aliphatic hydroxyl groups excluding tert-OH is 1. The number of hydrogen-bond acceptors (Lipinski definition) is 1. The first-order valence-electron chi connectivity index (χ1n) is 4.70. The van der Waals surface area contributed by atoms with E-state index in [0.29, 0.717) is 16.6 Å². The van der Waals surface area contributed by atoms with Crippen molar-refractivity contribution in [3.05, 3.63) is 35.5 Å². The number of alkyl halides is 3. The van der Waals surface area contributed by atoms with Gasteiger partial charge in [-0.1, -0.05) is 6.07 Å². The molecule has 1 heterocycles. The number of aryl methyl sites for hydroxylation is 1. The monoisotopic (exact) mass is 229 g/mol. The van der Waals surface area contributed by atoms with Crippen molar-refractivity contribution in [2.24, 2.45) is 7.05 Å². The van der Waals surface area contributed by atoms with Crippen LogP contribution >= 0.6 is 0 Å². The molecule has 2 aromatic rings. The van der Waals surface area contributed by atoms with E-state index in [0.717, 1.165) is 12.1 Å².